The summed E-state index contributed by atoms with van der Waals surface area (Å²) in [6.45, 7) is 6.59. The van der Waals surface area contributed by atoms with E-state index in [1.807, 2.05) is 45.0 Å². The first-order valence-electron chi connectivity index (χ1n) is 6.77. The van der Waals surface area contributed by atoms with E-state index in [0.717, 1.165) is 11.3 Å². The highest BCUT2D eigenvalue weighted by Crippen LogP contribution is 2.10. The Hall–Kier alpha value is -1.88. The molecule has 1 aromatic carbocycles. The zero-order chi connectivity index (χ0) is 15.0. The van der Waals surface area contributed by atoms with Gasteiger partial charge in [-0.3, -0.25) is 9.59 Å². The molecule has 0 fully saturated rings. The largest absolute Gasteiger partial charge is 0.372 e. The monoisotopic (exact) mass is 278 g/mol. The number of hydrogen-bond donors (Lipinski definition) is 2. The Kier molecular flexibility index (Phi) is 6.73. The molecule has 0 aliphatic heterocycles. The third-order valence-electron chi connectivity index (χ3n) is 2.67. The highest BCUT2D eigenvalue weighted by atomic mass is 16.5. The number of anilines is 1. The molecule has 0 aliphatic carbocycles. The molecule has 0 spiro atoms. The molecular weight excluding hydrogens is 256 g/mol. The van der Waals surface area contributed by atoms with Crippen LogP contribution in [0.25, 0.3) is 0 Å². The summed E-state index contributed by atoms with van der Waals surface area (Å²) in [7, 11) is 0. The number of carbonyl (C=O) groups excluding carboxylic acids is 2. The van der Waals surface area contributed by atoms with Crippen molar-refractivity contribution >= 4 is 17.5 Å². The summed E-state index contributed by atoms with van der Waals surface area (Å²) >= 11 is 0. The lowest BCUT2D eigenvalue weighted by Crippen LogP contribution is -2.27. The Morgan fingerprint density at radius 3 is 2.40 bits per heavy atom. The first kappa shape index (κ1) is 16.2. The van der Waals surface area contributed by atoms with Gasteiger partial charge >= 0.3 is 0 Å². The molecule has 0 radical (unpaired) electrons. The molecule has 0 aliphatic rings. The van der Waals surface area contributed by atoms with Crippen LogP contribution in [0.5, 0.6) is 0 Å². The summed E-state index contributed by atoms with van der Waals surface area (Å²) in [6, 6.07) is 7.39. The minimum atomic E-state index is -0.135. The summed E-state index contributed by atoms with van der Waals surface area (Å²) in [6.07, 6.45) is 0. The second kappa shape index (κ2) is 8.32. The standard InChI is InChI=1S/C15H22N2O3/c1-4-20-10-14(18)16-9-12-5-7-13(8-6-12)17-15(19)11(2)3/h5-8,11H,4,9-10H2,1-3H3,(H,16,18)(H,17,19). The van der Waals surface area contributed by atoms with Gasteiger partial charge in [-0.1, -0.05) is 26.0 Å². The summed E-state index contributed by atoms with van der Waals surface area (Å²) < 4.78 is 5.01. The van der Waals surface area contributed by atoms with Crippen molar-refractivity contribution in [2.75, 3.05) is 18.5 Å². The second-order valence-corrected chi connectivity index (χ2v) is 4.75. The quantitative estimate of drug-likeness (QED) is 0.801. The van der Waals surface area contributed by atoms with Crippen LogP contribution < -0.4 is 10.6 Å². The van der Waals surface area contributed by atoms with Crippen LogP contribution in [0.2, 0.25) is 0 Å². The van der Waals surface area contributed by atoms with Crippen molar-refractivity contribution < 1.29 is 14.3 Å². The zero-order valence-electron chi connectivity index (χ0n) is 12.2. The van der Waals surface area contributed by atoms with Crippen molar-refractivity contribution in [2.45, 2.75) is 27.3 Å². The van der Waals surface area contributed by atoms with Crippen LogP contribution in [-0.2, 0) is 20.9 Å². The highest BCUT2D eigenvalue weighted by molar-refractivity contribution is 5.92. The van der Waals surface area contributed by atoms with Crippen molar-refractivity contribution in [3.8, 4) is 0 Å². The topological polar surface area (TPSA) is 67.4 Å². The molecule has 0 saturated heterocycles. The maximum Gasteiger partial charge on any atom is 0.246 e. The molecule has 5 heteroatoms. The first-order chi connectivity index (χ1) is 9.52. The smallest absolute Gasteiger partial charge is 0.246 e. The van der Waals surface area contributed by atoms with E-state index in [4.69, 9.17) is 4.74 Å². The van der Waals surface area contributed by atoms with Crippen LogP contribution >= 0.6 is 0 Å². The molecule has 5 nitrogen and oxygen atoms in total. The van der Waals surface area contributed by atoms with E-state index >= 15 is 0 Å². The summed E-state index contributed by atoms with van der Waals surface area (Å²) in [5.74, 6) is -0.195. The van der Waals surface area contributed by atoms with Gasteiger partial charge in [-0.25, -0.2) is 0 Å². The third kappa shape index (κ3) is 5.84. The molecule has 2 amide bonds. The van der Waals surface area contributed by atoms with Crippen molar-refractivity contribution in [3.05, 3.63) is 29.8 Å². The Morgan fingerprint density at radius 2 is 1.85 bits per heavy atom. The minimum absolute atomic E-state index is 0.0113. The molecule has 0 atom stereocenters. The van der Waals surface area contributed by atoms with Crippen molar-refractivity contribution in [1.29, 1.82) is 0 Å². The van der Waals surface area contributed by atoms with Gasteiger partial charge < -0.3 is 15.4 Å². The van der Waals surface area contributed by atoms with Gasteiger partial charge in [0.05, 0.1) is 0 Å². The average molecular weight is 278 g/mol. The van der Waals surface area contributed by atoms with Crippen LogP contribution in [0.4, 0.5) is 5.69 Å². The molecule has 0 bridgehead atoms. The van der Waals surface area contributed by atoms with Gasteiger partial charge in [-0.05, 0) is 24.6 Å². The minimum Gasteiger partial charge on any atom is -0.372 e. The number of rotatable bonds is 7. The number of hydrogen-bond acceptors (Lipinski definition) is 3. The summed E-state index contributed by atoms with van der Waals surface area (Å²) in [5, 5.41) is 5.58. The molecule has 0 unspecified atom stereocenters. The van der Waals surface area contributed by atoms with Gasteiger partial charge in [0.2, 0.25) is 11.8 Å². The molecule has 1 aromatic rings. The zero-order valence-corrected chi connectivity index (χ0v) is 12.2. The molecule has 1 rings (SSSR count). The van der Waals surface area contributed by atoms with E-state index in [0.29, 0.717) is 13.2 Å². The molecule has 0 saturated carbocycles. The van der Waals surface area contributed by atoms with Crippen molar-refractivity contribution in [3.63, 3.8) is 0 Å². The summed E-state index contributed by atoms with van der Waals surface area (Å²) in [5.41, 5.74) is 1.73. The lowest BCUT2D eigenvalue weighted by atomic mass is 10.1. The Bertz CT molecular complexity index is 441. The fraction of sp³-hybridized carbons (Fsp3) is 0.467. The predicted molar refractivity (Wildman–Crippen MR) is 78.2 cm³/mol. The van der Waals surface area contributed by atoms with Crippen LogP contribution in [0.1, 0.15) is 26.3 Å². The van der Waals surface area contributed by atoms with Gasteiger partial charge in [-0.15, -0.1) is 0 Å². The van der Waals surface area contributed by atoms with Crippen LogP contribution in [-0.4, -0.2) is 25.0 Å². The van der Waals surface area contributed by atoms with E-state index in [2.05, 4.69) is 10.6 Å². The van der Waals surface area contributed by atoms with Gasteiger partial charge in [0, 0.05) is 24.8 Å². The molecular formula is C15H22N2O3. The van der Waals surface area contributed by atoms with Crippen molar-refractivity contribution in [2.24, 2.45) is 5.92 Å². The number of ether oxygens (including phenoxy) is 1. The first-order valence-corrected chi connectivity index (χ1v) is 6.77. The number of benzene rings is 1. The van der Waals surface area contributed by atoms with Crippen LogP contribution in [0.15, 0.2) is 24.3 Å². The highest BCUT2D eigenvalue weighted by Gasteiger charge is 2.07. The molecule has 0 aromatic heterocycles. The molecule has 20 heavy (non-hydrogen) atoms. The van der Waals surface area contributed by atoms with Gasteiger partial charge in [0.15, 0.2) is 0 Å². The van der Waals surface area contributed by atoms with E-state index in [1.165, 1.54) is 0 Å². The summed E-state index contributed by atoms with van der Waals surface area (Å²) in [4.78, 5) is 22.9. The fourth-order valence-corrected chi connectivity index (χ4v) is 1.44. The van der Waals surface area contributed by atoms with E-state index in [1.54, 1.807) is 0 Å². The number of amides is 2. The molecule has 2 N–H and O–H groups in total. The van der Waals surface area contributed by atoms with E-state index in [9.17, 15) is 9.59 Å². The molecule has 0 heterocycles. The van der Waals surface area contributed by atoms with Crippen LogP contribution in [0.3, 0.4) is 0 Å². The normalized spacial score (nSPS) is 10.4. The Morgan fingerprint density at radius 1 is 1.20 bits per heavy atom. The lowest BCUT2D eigenvalue weighted by Gasteiger charge is -2.09. The van der Waals surface area contributed by atoms with Gasteiger partial charge in [0.25, 0.3) is 0 Å². The second-order valence-electron chi connectivity index (χ2n) is 4.75. The predicted octanol–water partition coefficient (Wildman–Crippen LogP) is 1.93. The number of nitrogens with one attached hydrogen (secondary N) is 2. The Labute approximate surface area is 119 Å². The average Bonchev–Trinajstić information content (AvgIpc) is 2.44. The van der Waals surface area contributed by atoms with Crippen molar-refractivity contribution in [1.82, 2.24) is 5.32 Å². The SMILES string of the molecule is CCOCC(=O)NCc1ccc(NC(=O)C(C)C)cc1. The maximum atomic E-state index is 11.5. The van der Waals surface area contributed by atoms with Gasteiger partial charge in [0.1, 0.15) is 6.61 Å². The third-order valence-corrected chi connectivity index (χ3v) is 2.67. The lowest BCUT2D eigenvalue weighted by molar-refractivity contribution is -0.125. The number of carbonyl (C=O) groups is 2. The van der Waals surface area contributed by atoms with Crippen LogP contribution in [0, 0.1) is 5.92 Å². The molecule has 110 valence electrons. The fourth-order valence-electron chi connectivity index (χ4n) is 1.44. The van der Waals surface area contributed by atoms with Gasteiger partial charge in [-0.2, -0.15) is 0 Å². The Balaban J connectivity index is 2.42. The maximum absolute atomic E-state index is 11.5. The van der Waals surface area contributed by atoms with E-state index in [-0.39, 0.29) is 24.3 Å². The van der Waals surface area contributed by atoms with E-state index < -0.39 is 0 Å².